The summed E-state index contributed by atoms with van der Waals surface area (Å²) < 4.78 is 17.7. The van der Waals surface area contributed by atoms with E-state index < -0.39 is 0 Å². The standard InChI is InChI=1S/C16H23BO3/c1-7-10-18-14-9-8-13(11-12(14)2)17-19-15(3,4)16(5,6)20-17/h7-9,11H,1,10H2,2-6H3. The topological polar surface area (TPSA) is 27.7 Å². The summed E-state index contributed by atoms with van der Waals surface area (Å²) >= 11 is 0. The summed E-state index contributed by atoms with van der Waals surface area (Å²) in [5, 5.41) is 0. The van der Waals surface area contributed by atoms with Gasteiger partial charge >= 0.3 is 7.12 Å². The predicted molar refractivity (Wildman–Crippen MR) is 82.6 cm³/mol. The van der Waals surface area contributed by atoms with Crippen molar-refractivity contribution < 1.29 is 14.0 Å². The van der Waals surface area contributed by atoms with Gasteiger partial charge in [-0.05, 0) is 51.7 Å². The number of rotatable bonds is 4. The molecule has 0 spiro atoms. The lowest BCUT2D eigenvalue weighted by molar-refractivity contribution is 0.00578. The smallest absolute Gasteiger partial charge is 0.489 e. The van der Waals surface area contributed by atoms with Crippen LogP contribution in [0.25, 0.3) is 0 Å². The molecule has 1 aliphatic rings. The lowest BCUT2D eigenvalue weighted by atomic mass is 9.78. The average molecular weight is 274 g/mol. The fourth-order valence-corrected chi connectivity index (χ4v) is 2.11. The Hall–Kier alpha value is -1.26. The Bertz CT molecular complexity index is 492. The lowest BCUT2D eigenvalue weighted by Crippen LogP contribution is -2.41. The van der Waals surface area contributed by atoms with Crippen molar-refractivity contribution >= 4 is 12.6 Å². The van der Waals surface area contributed by atoms with Crippen LogP contribution in [0.2, 0.25) is 0 Å². The molecule has 0 bridgehead atoms. The third-order valence-corrected chi connectivity index (χ3v) is 4.08. The summed E-state index contributed by atoms with van der Waals surface area (Å²) in [7, 11) is -0.327. The molecule has 1 aliphatic heterocycles. The molecule has 1 heterocycles. The maximum Gasteiger partial charge on any atom is 0.494 e. The van der Waals surface area contributed by atoms with Crippen LogP contribution < -0.4 is 10.2 Å². The van der Waals surface area contributed by atoms with Crippen LogP contribution in [-0.4, -0.2) is 24.9 Å². The van der Waals surface area contributed by atoms with Crippen LogP contribution in [0.1, 0.15) is 33.3 Å². The monoisotopic (exact) mass is 274 g/mol. The molecule has 1 saturated heterocycles. The molecule has 1 fully saturated rings. The van der Waals surface area contributed by atoms with Crippen molar-refractivity contribution in [3.05, 3.63) is 36.4 Å². The van der Waals surface area contributed by atoms with Crippen LogP contribution in [0.15, 0.2) is 30.9 Å². The number of benzene rings is 1. The van der Waals surface area contributed by atoms with E-state index in [1.807, 2.05) is 19.1 Å². The summed E-state index contributed by atoms with van der Waals surface area (Å²) in [5.74, 6) is 0.866. The van der Waals surface area contributed by atoms with Gasteiger partial charge in [0.2, 0.25) is 0 Å². The van der Waals surface area contributed by atoms with Crippen LogP contribution in [0.5, 0.6) is 5.75 Å². The average Bonchev–Trinajstić information content (AvgIpc) is 2.57. The largest absolute Gasteiger partial charge is 0.494 e. The highest BCUT2D eigenvalue weighted by atomic mass is 16.7. The number of hydrogen-bond donors (Lipinski definition) is 0. The van der Waals surface area contributed by atoms with Gasteiger partial charge in [0.15, 0.2) is 0 Å². The number of ether oxygens (including phenoxy) is 1. The van der Waals surface area contributed by atoms with E-state index in [2.05, 4.69) is 40.3 Å². The van der Waals surface area contributed by atoms with Gasteiger partial charge in [0.25, 0.3) is 0 Å². The van der Waals surface area contributed by atoms with Crippen LogP contribution >= 0.6 is 0 Å². The first-order chi connectivity index (χ1) is 9.27. The minimum atomic E-state index is -0.327. The molecule has 20 heavy (non-hydrogen) atoms. The van der Waals surface area contributed by atoms with Gasteiger partial charge in [0, 0.05) is 0 Å². The highest BCUT2D eigenvalue weighted by Gasteiger charge is 2.51. The van der Waals surface area contributed by atoms with E-state index in [9.17, 15) is 0 Å². The molecule has 108 valence electrons. The normalized spacial score (nSPS) is 19.9. The first-order valence-corrected chi connectivity index (χ1v) is 6.97. The molecule has 1 aromatic carbocycles. The van der Waals surface area contributed by atoms with Gasteiger partial charge in [-0.2, -0.15) is 0 Å². The Kier molecular flexibility index (Phi) is 3.98. The van der Waals surface area contributed by atoms with Gasteiger partial charge in [-0.3, -0.25) is 0 Å². The fourth-order valence-electron chi connectivity index (χ4n) is 2.11. The van der Waals surface area contributed by atoms with E-state index in [1.165, 1.54) is 0 Å². The van der Waals surface area contributed by atoms with Crippen LogP contribution in [0.3, 0.4) is 0 Å². The van der Waals surface area contributed by atoms with E-state index in [-0.39, 0.29) is 18.3 Å². The molecule has 0 aliphatic carbocycles. The van der Waals surface area contributed by atoms with Gasteiger partial charge < -0.3 is 14.0 Å². The molecule has 0 amide bonds. The molecule has 0 N–H and O–H groups in total. The van der Waals surface area contributed by atoms with E-state index in [0.29, 0.717) is 6.61 Å². The zero-order valence-corrected chi connectivity index (χ0v) is 13.0. The Labute approximate surface area is 122 Å². The third-order valence-electron chi connectivity index (χ3n) is 4.08. The van der Waals surface area contributed by atoms with Crippen molar-refractivity contribution in [3.8, 4) is 5.75 Å². The van der Waals surface area contributed by atoms with E-state index in [4.69, 9.17) is 14.0 Å². The molecule has 0 saturated carbocycles. The van der Waals surface area contributed by atoms with E-state index >= 15 is 0 Å². The van der Waals surface area contributed by atoms with Crippen molar-refractivity contribution in [1.29, 1.82) is 0 Å². The van der Waals surface area contributed by atoms with Gasteiger partial charge in [0.1, 0.15) is 12.4 Å². The summed E-state index contributed by atoms with van der Waals surface area (Å²) in [6.45, 7) is 14.4. The molecule has 4 heteroatoms. The molecular weight excluding hydrogens is 251 g/mol. The minimum Gasteiger partial charge on any atom is -0.489 e. The van der Waals surface area contributed by atoms with Crippen molar-refractivity contribution in [2.24, 2.45) is 0 Å². The van der Waals surface area contributed by atoms with Gasteiger partial charge in [-0.25, -0.2) is 0 Å². The van der Waals surface area contributed by atoms with Gasteiger partial charge in [0.05, 0.1) is 11.2 Å². The first-order valence-electron chi connectivity index (χ1n) is 6.97. The number of aryl methyl sites for hydroxylation is 1. The van der Waals surface area contributed by atoms with Crippen molar-refractivity contribution in [3.63, 3.8) is 0 Å². The maximum absolute atomic E-state index is 6.05. The molecule has 0 radical (unpaired) electrons. The zero-order chi connectivity index (χ0) is 15.0. The number of hydrogen-bond acceptors (Lipinski definition) is 3. The highest BCUT2D eigenvalue weighted by Crippen LogP contribution is 2.36. The first kappa shape index (κ1) is 15.1. The van der Waals surface area contributed by atoms with Crippen LogP contribution in [-0.2, 0) is 9.31 Å². The van der Waals surface area contributed by atoms with Crippen LogP contribution in [0.4, 0.5) is 0 Å². The second-order valence-electron chi connectivity index (χ2n) is 6.21. The SMILES string of the molecule is C=CCOc1ccc(B2OC(C)(C)C(C)(C)O2)cc1C. The molecular formula is C16H23BO3. The summed E-state index contributed by atoms with van der Waals surface area (Å²) in [4.78, 5) is 0. The van der Waals surface area contributed by atoms with Gasteiger partial charge in [-0.1, -0.05) is 24.8 Å². The molecule has 0 aromatic heterocycles. The Morgan fingerprint density at radius 1 is 1.20 bits per heavy atom. The summed E-state index contributed by atoms with van der Waals surface area (Å²) in [5.41, 5.74) is 1.46. The van der Waals surface area contributed by atoms with Crippen molar-refractivity contribution in [2.45, 2.75) is 45.8 Å². The lowest BCUT2D eigenvalue weighted by Gasteiger charge is -2.32. The Morgan fingerprint density at radius 2 is 1.80 bits per heavy atom. The predicted octanol–water partition coefficient (Wildman–Crippen LogP) is 2.86. The minimum absolute atomic E-state index is 0.316. The highest BCUT2D eigenvalue weighted by molar-refractivity contribution is 6.62. The quantitative estimate of drug-likeness (QED) is 0.624. The fraction of sp³-hybridized carbons (Fsp3) is 0.500. The second-order valence-corrected chi connectivity index (χ2v) is 6.21. The van der Waals surface area contributed by atoms with E-state index in [1.54, 1.807) is 6.08 Å². The van der Waals surface area contributed by atoms with Crippen molar-refractivity contribution in [1.82, 2.24) is 0 Å². The molecule has 1 aromatic rings. The molecule has 2 rings (SSSR count). The maximum atomic E-state index is 6.05. The molecule has 3 nitrogen and oxygen atoms in total. The Balaban J connectivity index is 2.19. The van der Waals surface area contributed by atoms with Crippen LogP contribution in [0, 0.1) is 6.92 Å². The third kappa shape index (κ3) is 2.77. The molecule has 0 atom stereocenters. The van der Waals surface area contributed by atoms with E-state index in [0.717, 1.165) is 16.8 Å². The summed E-state index contributed by atoms with van der Waals surface area (Å²) in [6.07, 6.45) is 1.74. The Morgan fingerprint density at radius 3 is 2.30 bits per heavy atom. The molecule has 0 unspecified atom stereocenters. The summed E-state index contributed by atoms with van der Waals surface area (Å²) in [6, 6.07) is 6.01. The second kappa shape index (κ2) is 5.26. The zero-order valence-electron chi connectivity index (χ0n) is 13.0. The van der Waals surface area contributed by atoms with Crippen molar-refractivity contribution in [2.75, 3.05) is 6.61 Å². The van der Waals surface area contributed by atoms with Gasteiger partial charge in [-0.15, -0.1) is 0 Å².